The van der Waals surface area contributed by atoms with Crippen molar-refractivity contribution >= 4 is 23.1 Å². The maximum absolute atomic E-state index is 13.0. The molecular formula is C24H28N2O5. The second-order valence-electron chi connectivity index (χ2n) is 7.54. The Hall–Kier alpha value is -3.48. The SMILES string of the molecule is CCCN1C(=O)C(=O)/C(=C(/O)c2cc(OC)ccc2OC)C1c1ccc(N(C)C)cc1. The first-order chi connectivity index (χ1) is 14.8. The average molecular weight is 424 g/mol. The first-order valence-electron chi connectivity index (χ1n) is 10.1. The molecule has 1 fully saturated rings. The second-order valence-corrected chi connectivity index (χ2v) is 7.54. The molecule has 1 aliphatic heterocycles. The van der Waals surface area contributed by atoms with Gasteiger partial charge in [-0.05, 0) is 42.3 Å². The largest absolute Gasteiger partial charge is 0.507 e. The van der Waals surface area contributed by atoms with E-state index in [2.05, 4.69) is 0 Å². The number of hydrogen-bond donors (Lipinski definition) is 1. The number of carbonyl (C=O) groups excluding carboxylic acids is 2. The summed E-state index contributed by atoms with van der Waals surface area (Å²) in [4.78, 5) is 29.4. The van der Waals surface area contributed by atoms with E-state index < -0.39 is 17.7 Å². The van der Waals surface area contributed by atoms with Gasteiger partial charge in [0, 0.05) is 26.3 Å². The molecule has 1 N–H and O–H groups in total. The number of methoxy groups -OCH3 is 2. The van der Waals surface area contributed by atoms with Crippen molar-refractivity contribution in [2.24, 2.45) is 0 Å². The minimum atomic E-state index is -0.711. The number of ketones is 1. The summed E-state index contributed by atoms with van der Waals surface area (Å²) in [5, 5.41) is 11.2. The van der Waals surface area contributed by atoms with E-state index in [1.807, 2.05) is 50.2 Å². The van der Waals surface area contributed by atoms with Crippen molar-refractivity contribution < 1.29 is 24.2 Å². The minimum absolute atomic E-state index is 0.0441. The predicted octanol–water partition coefficient (Wildman–Crippen LogP) is 3.60. The van der Waals surface area contributed by atoms with E-state index in [1.54, 1.807) is 18.2 Å². The van der Waals surface area contributed by atoms with Gasteiger partial charge in [-0.3, -0.25) is 9.59 Å². The molecule has 3 rings (SSSR count). The molecule has 0 aromatic heterocycles. The topological polar surface area (TPSA) is 79.3 Å². The van der Waals surface area contributed by atoms with Crippen molar-refractivity contribution in [3.05, 3.63) is 59.2 Å². The summed E-state index contributed by atoms with van der Waals surface area (Å²) in [5.74, 6) is -0.738. The lowest BCUT2D eigenvalue weighted by atomic mass is 9.94. The molecule has 2 aromatic carbocycles. The number of rotatable bonds is 7. The van der Waals surface area contributed by atoms with Crippen molar-refractivity contribution in [2.45, 2.75) is 19.4 Å². The third-order valence-corrected chi connectivity index (χ3v) is 5.39. The lowest BCUT2D eigenvalue weighted by Gasteiger charge is -2.25. The van der Waals surface area contributed by atoms with Crippen molar-refractivity contribution in [3.63, 3.8) is 0 Å². The molecule has 7 heteroatoms. The van der Waals surface area contributed by atoms with Crippen LogP contribution in [0.2, 0.25) is 0 Å². The Balaban J connectivity index is 2.22. The van der Waals surface area contributed by atoms with Crippen LogP contribution in [0.1, 0.15) is 30.5 Å². The highest BCUT2D eigenvalue weighted by molar-refractivity contribution is 6.46. The molecule has 1 heterocycles. The van der Waals surface area contributed by atoms with Gasteiger partial charge in [0.05, 0.1) is 31.4 Å². The third-order valence-electron chi connectivity index (χ3n) is 5.39. The van der Waals surface area contributed by atoms with Crippen LogP contribution in [0.15, 0.2) is 48.0 Å². The van der Waals surface area contributed by atoms with Crippen LogP contribution >= 0.6 is 0 Å². The van der Waals surface area contributed by atoms with E-state index in [1.165, 1.54) is 19.1 Å². The number of anilines is 1. The monoisotopic (exact) mass is 424 g/mol. The number of benzene rings is 2. The van der Waals surface area contributed by atoms with Gasteiger partial charge in [-0.1, -0.05) is 19.1 Å². The Kier molecular flexibility index (Phi) is 6.53. The molecule has 1 saturated heterocycles. The fourth-order valence-corrected chi connectivity index (χ4v) is 3.80. The average Bonchev–Trinajstić information content (AvgIpc) is 3.03. The first kappa shape index (κ1) is 22.2. The van der Waals surface area contributed by atoms with Crippen LogP contribution in [0.25, 0.3) is 5.76 Å². The van der Waals surface area contributed by atoms with E-state index in [0.29, 0.717) is 30.0 Å². The van der Waals surface area contributed by atoms with Crippen LogP contribution in [-0.4, -0.2) is 56.6 Å². The number of ether oxygens (including phenoxy) is 2. The molecule has 0 spiro atoms. The summed E-state index contributed by atoms with van der Waals surface area (Å²) in [6.07, 6.45) is 0.682. The van der Waals surface area contributed by atoms with Gasteiger partial charge in [0.25, 0.3) is 11.7 Å². The molecule has 0 saturated carbocycles. The van der Waals surface area contributed by atoms with Crippen molar-refractivity contribution in [3.8, 4) is 11.5 Å². The van der Waals surface area contributed by atoms with Crippen LogP contribution < -0.4 is 14.4 Å². The smallest absolute Gasteiger partial charge is 0.295 e. The summed E-state index contributed by atoms with van der Waals surface area (Å²) in [5.41, 5.74) is 2.08. The molecule has 7 nitrogen and oxygen atoms in total. The number of hydrogen-bond acceptors (Lipinski definition) is 6. The first-order valence-corrected chi connectivity index (χ1v) is 10.1. The number of nitrogens with zero attached hydrogens (tertiary/aromatic N) is 2. The number of aliphatic hydroxyl groups is 1. The number of amides is 1. The van der Waals surface area contributed by atoms with Crippen LogP contribution in [0.4, 0.5) is 5.69 Å². The van der Waals surface area contributed by atoms with E-state index >= 15 is 0 Å². The van der Waals surface area contributed by atoms with E-state index in [9.17, 15) is 14.7 Å². The molecule has 0 aliphatic carbocycles. The fourth-order valence-electron chi connectivity index (χ4n) is 3.80. The van der Waals surface area contributed by atoms with Gasteiger partial charge in [-0.15, -0.1) is 0 Å². The van der Waals surface area contributed by atoms with E-state index in [4.69, 9.17) is 9.47 Å². The van der Waals surface area contributed by atoms with Gasteiger partial charge < -0.3 is 24.4 Å². The predicted molar refractivity (Wildman–Crippen MR) is 120 cm³/mol. The third kappa shape index (κ3) is 4.08. The zero-order valence-electron chi connectivity index (χ0n) is 18.5. The highest BCUT2D eigenvalue weighted by Crippen LogP contribution is 2.41. The normalized spacial score (nSPS) is 17.7. The van der Waals surface area contributed by atoms with E-state index in [0.717, 1.165) is 11.3 Å². The van der Waals surface area contributed by atoms with Gasteiger partial charge in [0.2, 0.25) is 0 Å². The summed E-state index contributed by atoms with van der Waals surface area (Å²) in [7, 11) is 6.87. The molecule has 1 aliphatic rings. The standard InChI is InChI=1S/C24H28N2O5/c1-6-13-26-21(15-7-9-16(10-8-15)25(2)3)20(23(28)24(26)29)22(27)18-14-17(30-4)11-12-19(18)31-5/h7-12,14,21,27H,6,13H2,1-5H3/b22-20+. The Bertz CT molecular complexity index is 1010. The Morgan fingerprint density at radius 3 is 2.29 bits per heavy atom. The van der Waals surface area contributed by atoms with Crippen LogP contribution in [-0.2, 0) is 9.59 Å². The molecule has 0 radical (unpaired) electrons. The zero-order valence-corrected chi connectivity index (χ0v) is 18.5. The Morgan fingerprint density at radius 1 is 1.06 bits per heavy atom. The maximum Gasteiger partial charge on any atom is 0.295 e. The zero-order chi connectivity index (χ0) is 22.7. The summed E-state index contributed by atoms with van der Waals surface area (Å²) >= 11 is 0. The summed E-state index contributed by atoms with van der Waals surface area (Å²) < 4.78 is 10.6. The minimum Gasteiger partial charge on any atom is -0.507 e. The van der Waals surface area contributed by atoms with Gasteiger partial charge in [0.1, 0.15) is 17.3 Å². The maximum atomic E-state index is 13.0. The fraction of sp³-hybridized carbons (Fsp3) is 0.333. The molecule has 2 aromatic rings. The quantitative estimate of drug-likeness (QED) is 0.416. The van der Waals surface area contributed by atoms with Crippen molar-refractivity contribution in [1.29, 1.82) is 0 Å². The molecule has 0 bridgehead atoms. The van der Waals surface area contributed by atoms with Crippen LogP contribution in [0.3, 0.4) is 0 Å². The Morgan fingerprint density at radius 2 is 1.74 bits per heavy atom. The molecule has 1 amide bonds. The molecule has 164 valence electrons. The Labute approximate surface area is 182 Å². The molecule has 1 unspecified atom stereocenters. The highest BCUT2D eigenvalue weighted by atomic mass is 16.5. The number of carbonyl (C=O) groups is 2. The van der Waals surface area contributed by atoms with Gasteiger partial charge in [-0.25, -0.2) is 0 Å². The number of Topliss-reactive ketones (excluding diaryl/α,β-unsaturated/α-hetero) is 1. The van der Waals surface area contributed by atoms with Crippen LogP contribution in [0.5, 0.6) is 11.5 Å². The highest BCUT2D eigenvalue weighted by Gasteiger charge is 2.46. The lowest BCUT2D eigenvalue weighted by Crippen LogP contribution is -2.30. The van der Waals surface area contributed by atoms with Crippen molar-refractivity contribution in [1.82, 2.24) is 4.90 Å². The molecule has 1 atom stereocenters. The van der Waals surface area contributed by atoms with Gasteiger partial charge in [0.15, 0.2) is 0 Å². The summed E-state index contributed by atoms with van der Waals surface area (Å²) in [6, 6.07) is 11.9. The molecular weight excluding hydrogens is 396 g/mol. The number of aliphatic hydroxyl groups excluding tert-OH is 1. The second kappa shape index (κ2) is 9.12. The summed E-state index contributed by atoms with van der Waals surface area (Å²) in [6.45, 7) is 2.34. The van der Waals surface area contributed by atoms with E-state index in [-0.39, 0.29) is 11.3 Å². The van der Waals surface area contributed by atoms with Crippen molar-refractivity contribution in [2.75, 3.05) is 39.8 Å². The van der Waals surface area contributed by atoms with Gasteiger partial charge >= 0.3 is 0 Å². The lowest BCUT2D eigenvalue weighted by molar-refractivity contribution is -0.139. The number of likely N-dealkylation sites (tertiary alicyclic amines) is 1. The molecule has 31 heavy (non-hydrogen) atoms. The van der Waals surface area contributed by atoms with Gasteiger partial charge in [-0.2, -0.15) is 0 Å². The van der Waals surface area contributed by atoms with Crippen LogP contribution in [0, 0.1) is 0 Å².